The Balaban J connectivity index is 2.14. The first-order valence-corrected chi connectivity index (χ1v) is 8.72. The number of urea groups is 1. The third-order valence-corrected chi connectivity index (χ3v) is 4.47. The van der Waals surface area contributed by atoms with Crippen LogP contribution in [-0.4, -0.2) is 47.8 Å². The molecule has 3 N–H and O–H groups in total. The number of imide groups is 1. The van der Waals surface area contributed by atoms with E-state index in [1.165, 1.54) is 31.2 Å². The number of carbonyl (C=O) groups is 4. The lowest BCUT2D eigenvalue weighted by molar-refractivity contribution is -0.136. The molecule has 1 aliphatic heterocycles. The molecule has 27 heavy (non-hydrogen) atoms. The van der Waals surface area contributed by atoms with Crippen molar-refractivity contribution >= 4 is 23.8 Å². The minimum atomic E-state index is -1.35. The standard InChI is InChI=1S/C18H23FN4O4/c1-4-18(12-6-8-13(19)9-7-12)16(26)23(17(27)22-18)10-14(24)21-11(3)15(25)20-5-2/h6-9,11H,4-5,10H2,1-3H3,(H,20,25)(H,21,24)(H,22,27)/t11-,18-/m1/s1. The third kappa shape index (κ3) is 4.07. The largest absolute Gasteiger partial charge is 0.355 e. The maximum Gasteiger partial charge on any atom is 0.325 e. The number of nitrogens with zero attached hydrogens (tertiary/aromatic N) is 1. The molecule has 0 unspecified atom stereocenters. The molecule has 9 heteroatoms. The van der Waals surface area contributed by atoms with Gasteiger partial charge in [0, 0.05) is 6.54 Å². The molecule has 1 fully saturated rings. The summed E-state index contributed by atoms with van der Waals surface area (Å²) in [4.78, 5) is 49.9. The molecule has 2 rings (SSSR count). The molecule has 0 bridgehead atoms. The number of nitrogens with one attached hydrogen (secondary N) is 3. The van der Waals surface area contributed by atoms with E-state index in [0.29, 0.717) is 12.1 Å². The number of halogens is 1. The summed E-state index contributed by atoms with van der Waals surface area (Å²) in [5, 5.41) is 7.63. The highest BCUT2D eigenvalue weighted by molar-refractivity contribution is 6.09. The molecule has 0 radical (unpaired) electrons. The molecule has 1 saturated heterocycles. The summed E-state index contributed by atoms with van der Waals surface area (Å²) in [5.41, 5.74) is -0.917. The van der Waals surface area contributed by atoms with Gasteiger partial charge in [0.25, 0.3) is 5.91 Å². The van der Waals surface area contributed by atoms with Gasteiger partial charge in [-0.3, -0.25) is 19.3 Å². The van der Waals surface area contributed by atoms with Gasteiger partial charge in [0.05, 0.1) is 0 Å². The van der Waals surface area contributed by atoms with Crippen LogP contribution in [0.1, 0.15) is 32.8 Å². The van der Waals surface area contributed by atoms with E-state index >= 15 is 0 Å². The van der Waals surface area contributed by atoms with Gasteiger partial charge < -0.3 is 16.0 Å². The Bertz CT molecular complexity index is 752. The van der Waals surface area contributed by atoms with Crippen LogP contribution in [0.3, 0.4) is 0 Å². The molecule has 0 spiro atoms. The topological polar surface area (TPSA) is 108 Å². The predicted octanol–water partition coefficient (Wildman–Crippen LogP) is 0.624. The lowest BCUT2D eigenvalue weighted by Crippen LogP contribution is -2.49. The van der Waals surface area contributed by atoms with Gasteiger partial charge in [-0.15, -0.1) is 0 Å². The Morgan fingerprint density at radius 1 is 1.22 bits per heavy atom. The second kappa shape index (κ2) is 8.15. The highest BCUT2D eigenvalue weighted by Gasteiger charge is 2.51. The lowest BCUT2D eigenvalue weighted by atomic mass is 9.87. The fourth-order valence-corrected chi connectivity index (χ4v) is 2.97. The van der Waals surface area contributed by atoms with E-state index in [2.05, 4.69) is 16.0 Å². The number of hydrogen-bond donors (Lipinski definition) is 3. The van der Waals surface area contributed by atoms with Crippen LogP contribution in [0.15, 0.2) is 24.3 Å². The van der Waals surface area contributed by atoms with Gasteiger partial charge in [-0.2, -0.15) is 0 Å². The van der Waals surface area contributed by atoms with Crippen LogP contribution >= 0.6 is 0 Å². The molecule has 0 aromatic heterocycles. The predicted molar refractivity (Wildman–Crippen MR) is 94.9 cm³/mol. The van der Waals surface area contributed by atoms with E-state index in [1.54, 1.807) is 13.8 Å². The SMILES string of the molecule is CCNC(=O)[C@@H](C)NC(=O)CN1C(=O)N[C@](CC)(c2ccc(F)cc2)C1=O. The van der Waals surface area contributed by atoms with Crippen molar-refractivity contribution in [2.45, 2.75) is 38.8 Å². The van der Waals surface area contributed by atoms with Crippen molar-refractivity contribution in [3.8, 4) is 0 Å². The van der Waals surface area contributed by atoms with E-state index in [1.807, 2.05) is 0 Å². The Kier molecular flexibility index (Phi) is 6.14. The third-order valence-electron chi connectivity index (χ3n) is 4.47. The second-order valence-electron chi connectivity index (χ2n) is 6.27. The molecule has 0 aliphatic carbocycles. The number of carbonyl (C=O) groups excluding carboxylic acids is 4. The van der Waals surface area contributed by atoms with Crippen molar-refractivity contribution in [1.29, 1.82) is 0 Å². The van der Waals surface area contributed by atoms with Crippen LogP contribution in [0.5, 0.6) is 0 Å². The maximum absolute atomic E-state index is 13.2. The van der Waals surface area contributed by atoms with Crippen LogP contribution in [0.4, 0.5) is 9.18 Å². The van der Waals surface area contributed by atoms with Crippen molar-refractivity contribution in [3.05, 3.63) is 35.6 Å². The summed E-state index contributed by atoms with van der Waals surface area (Å²) in [7, 11) is 0. The van der Waals surface area contributed by atoms with E-state index in [-0.39, 0.29) is 12.3 Å². The summed E-state index contributed by atoms with van der Waals surface area (Å²) in [5.74, 6) is -2.06. The van der Waals surface area contributed by atoms with Gasteiger partial charge in [0.15, 0.2) is 0 Å². The van der Waals surface area contributed by atoms with E-state index in [9.17, 15) is 23.6 Å². The number of hydrogen-bond acceptors (Lipinski definition) is 4. The molecule has 1 aliphatic rings. The van der Waals surface area contributed by atoms with Crippen molar-refractivity contribution in [1.82, 2.24) is 20.9 Å². The van der Waals surface area contributed by atoms with E-state index < -0.39 is 41.8 Å². The van der Waals surface area contributed by atoms with E-state index in [0.717, 1.165) is 4.90 Å². The quantitative estimate of drug-likeness (QED) is 0.605. The molecule has 8 nitrogen and oxygen atoms in total. The zero-order chi connectivity index (χ0) is 20.2. The second-order valence-corrected chi connectivity index (χ2v) is 6.27. The summed E-state index contributed by atoms with van der Waals surface area (Å²) < 4.78 is 13.2. The number of rotatable bonds is 7. The normalized spacial score (nSPS) is 20.2. The smallest absolute Gasteiger partial charge is 0.325 e. The molecule has 1 heterocycles. The zero-order valence-electron chi connectivity index (χ0n) is 15.5. The Morgan fingerprint density at radius 2 is 1.85 bits per heavy atom. The average molecular weight is 378 g/mol. The minimum Gasteiger partial charge on any atom is -0.355 e. The Labute approximate surface area is 156 Å². The number of amides is 5. The van der Waals surface area contributed by atoms with Crippen LogP contribution in [-0.2, 0) is 19.9 Å². The van der Waals surface area contributed by atoms with Crippen molar-refractivity contribution in [2.75, 3.05) is 13.1 Å². The maximum atomic E-state index is 13.2. The van der Waals surface area contributed by atoms with Crippen LogP contribution in [0, 0.1) is 5.82 Å². The lowest BCUT2D eigenvalue weighted by Gasteiger charge is -2.25. The summed E-state index contributed by atoms with van der Waals surface area (Å²) in [6.07, 6.45) is 0.233. The van der Waals surface area contributed by atoms with Gasteiger partial charge in [0.1, 0.15) is 23.9 Å². The Hall–Kier alpha value is -2.97. The van der Waals surface area contributed by atoms with Crippen LogP contribution < -0.4 is 16.0 Å². The summed E-state index contributed by atoms with van der Waals surface area (Å²) >= 11 is 0. The molecule has 5 amide bonds. The first-order chi connectivity index (χ1) is 12.7. The first-order valence-electron chi connectivity index (χ1n) is 8.72. The average Bonchev–Trinajstić information content (AvgIpc) is 2.87. The summed E-state index contributed by atoms with van der Waals surface area (Å²) in [6.45, 7) is 4.87. The van der Waals surface area contributed by atoms with Gasteiger partial charge in [0.2, 0.25) is 11.8 Å². The molecular weight excluding hydrogens is 355 g/mol. The van der Waals surface area contributed by atoms with Gasteiger partial charge in [-0.25, -0.2) is 9.18 Å². The van der Waals surface area contributed by atoms with E-state index in [4.69, 9.17) is 0 Å². The molecule has 0 saturated carbocycles. The minimum absolute atomic E-state index is 0.233. The van der Waals surface area contributed by atoms with Crippen molar-refractivity contribution in [3.63, 3.8) is 0 Å². The van der Waals surface area contributed by atoms with Gasteiger partial charge >= 0.3 is 6.03 Å². The van der Waals surface area contributed by atoms with Crippen molar-refractivity contribution in [2.24, 2.45) is 0 Å². The summed E-state index contributed by atoms with van der Waals surface area (Å²) in [6, 6.07) is 3.75. The van der Waals surface area contributed by atoms with Crippen molar-refractivity contribution < 1.29 is 23.6 Å². The number of likely N-dealkylation sites (N-methyl/N-ethyl adjacent to an activating group) is 1. The zero-order valence-corrected chi connectivity index (χ0v) is 15.5. The van der Waals surface area contributed by atoms with Gasteiger partial charge in [-0.05, 0) is 38.0 Å². The molecule has 2 atom stereocenters. The molecule has 1 aromatic rings. The molecule has 1 aromatic carbocycles. The highest BCUT2D eigenvalue weighted by Crippen LogP contribution is 2.32. The molecule has 146 valence electrons. The first kappa shape index (κ1) is 20.3. The van der Waals surface area contributed by atoms with Crippen LogP contribution in [0.25, 0.3) is 0 Å². The molecular formula is C18H23FN4O4. The van der Waals surface area contributed by atoms with Crippen LogP contribution in [0.2, 0.25) is 0 Å². The Morgan fingerprint density at radius 3 is 2.41 bits per heavy atom. The number of benzene rings is 1. The fraction of sp³-hybridized carbons (Fsp3) is 0.444. The highest BCUT2D eigenvalue weighted by atomic mass is 19.1. The monoisotopic (exact) mass is 378 g/mol. The fourth-order valence-electron chi connectivity index (χ4n) is 2.97. The van der Waals surface area contributed by atoms with Gasteiger partial charge in [-0.1, -0.05) is 19.1 Å².